The lowest BCUT2D eigenvalue weighted by Gasteiger charge is -2.26. The van der Waals surface area contributed by atoms with Crippen molar-refractivity contribution in [2.24, 2.45) is 0 Å². The molecule has 32 heavy (non-hydrogen) atoms. The molecule has 0 aromatic heterocycles. The number of carbonyl (C=O) groups is 3. The first-order valence-electron chi connectivity index (χ1n) is 10.0. The highest BCUT2D eigenvalue weighted by molar-refractivity contribution is 9.10. The van der Waals surface area contributed by atoms with Crippen LogP contribution in [-0.4, -0.2) is 30.1 Å². The Kier molecular flexibility index (Phi) is 8.60. The first kappa shape index (κ1) is 25.1. The number of ether oxygens (including phenoxy) is 1. The molecular weight excluding hydrogens is 474 g/mol. The van der Waals surface area contributed by atoms with E-state index in [0.29, 0.717) is 11.3 Å². The zero-order valence-electron chi connectivity index (χ0n) is 18.6. The third-order valence-corrected chi connectivity index (χ3v) is 4.76. The number of hydrogen-bond acceptors (Lipinski definition) is 4. The Labute approximate surface area is 196 Å². The number of rotatable bonds is 7. The Bertz CT molecular complexity index is 980. The highest BCUT2D eigenvalue weighted by Crippen LogP contribution is 2.19. The lowest BCUT2D eigenvalue weighted by molar-refractivity contribution is -0.128. The molecule has 3 amide bonds. The van der Waals surface area contributed by atoms with Crippen molar-refractivity contribution < 1.29 is 19.1 Å². The van der Waals surface area contributed by atoms with E-state index in [4.69, 9.17) is 4.74 Å². The van der Waals surface area contributed by atoms with Crippen LogP contribution < -0.4 is 16.0 Å². The lowest BCUT2D eigenvalue weighted by atomic mass is 10.0. The number of halogens is 1. The Balaban J connectivity index is 2.00. The fraction of sp³-hybridized carbons (Fsp3) is 0.292. The third-order valence-electron chi connectivity index (χ3n) is 4.24. The number of aryl methyl sites for hydroxylation is 1. The molecule has 0 aliphatic carbocycles. The largest absolute Gasteiger partial charge is 0.444 e. The molecule has 0 saturated heterocycles. The summed E-state index contributed by atoms with van der Waals surface area (Å²) in [5, 5.41) is 8.12. The van der Waals surface area contributed by atoms with Crippen molar-refractivity contribution in [1.29, 1.82) is 0 Å². The smallest absolute Gasteiger partial charge is 0.411 e. The molecule has 0 spiro atoms. The predicted octanol–water partition coefficient (Wildman–Crippen LogP) is 4.63. The van der Waals surface area contributed by atoms with Gasteiger partial charge in [-0.25, -0.2) is 4.79 Å². The topological polar surface area (TPSA) is 96.5 Å². The first-order valence-corrected chi connectivity index (χ1v) is 10.8. The van der Waals surface area contributed by atoms with Gasteiger partial charge in [-0.1, -0.05) is 52.3 Å². The van der Waals surface area contributed by atoms with Crippen LogP contribution in [0.25, 0.3) is 0 Å². The van der Waals surface area contributed by atoms with Crippen LogP contribution in [-0.2, 0) is 14.3 Å². The lowest BCUT2D eigenvalue weighted by Crippen LogP contribution is -2.48. The van der Waals surface area contributed by atoms with Crippen molar-refractivity contribution >= 4 is 39.5 Å². The van der Waals surface area contributed by atoms with Crippen LogP contribution in [0, 0.1) is 6.92 Å². The molecule has 2 rings (SSSR count). The van der Waals surface area contributed by atoms with Gasteiger partial charge in [0, 0.05) is 21.3 Å². The van der Waals surface area contributed by atoms with E-state index >= 15 is 0 Å². The molecule has 0 bridgehead atoms. The van der Waals surface area contributed by atoms with Gasteiger partial charge in [-0.2, -0.15) is 0 Å². The summed E-state index contributed by atoms with van der Waals surface area (Å²) in [5.41, 5.74) is 1.77. The molecule has 3 N–H and O–H groups in total. The molecule has 2 aromatic carbocycles. The number of amides is 3. The Morgan fingerprint density at radius 3 is 2.19 bits per heavy atom. The summed E-state index contributed by atoms with van der Waals surface area (Å²) < 4.78 is 5.93. The van der Waals surface area contributed by atoms with Gasteiger partial charge in [-0.05, 0) is 57.5 Å². The second-order valence-corrected chi connectivity index (χ2v) is 9.28. The number of nitrogens with one attached hydrogen (secondary N) is 3. The minimum Gasteiger partial charge on any atom is -0.444 e. The van der Waals surface area contributed by atoms with E-state index < -0.39 is 23.6 Å². The molecule has 170 valence electrons. The molecule has 0 aliphatic rings. The van der Waals surface area contributed by atoms with Crippen molar-refractivity contribution in [3.8, 4) is 0 Å². The highest BCUT2D eigenvalue weighted by atomic mass is 79.9. The zero-order valence-corrected chi connectivity index (χ0v) is 20.2. The summed E-state index contributed by atoms with van der Waals surface area (Å²) in [6.45, 7) is 10.9. The molecule has 0 saturated carbocycles. The average molecular weight is 502 g/mol. The number of hydrogen-bond donors (Lipinski definition) is 3. The second-order valence-electron chi connectivity index (χ2n) is 8.37. The van der Waals surface area contributed by atoms with Crippen molar-refractivity contribution in [3.63, 3.8) is 0 Å². The first-order chi connectivity index (χ1) is 14.9. The maximum Gasteiger partial charge on any atom is 0.411 e. The SMILES string of the molecule is C=C(COC(=O)Nc1ccc(C)cc1)C(=O)NC(C(=O)NC(C)(C)C)c1ccc(Br)cc1. The normalized spacial score (nSPS) is 11.8. The Hall–Kier alpha value is -3.13. The maximum atomic E-state index is 12.8. The summed E-state index contributed by atoms with van der Waals surface area (Å²) in [6, 6.07) is 13.3. The van der Waals surface area contributed by atoms with Crippen molar-refractivity contribution in [1.82, 2.24) is 10.6 Å². The summed E-state index contributed by atoms with van der Waals surface area (Å²) in [6.07, 6.45) is -0.710. The molecule has 0 radical (unpaired) electrons. The van der Waals surface area contributed by atoms with E-state index in [0.717, 1.165) is 10.0 Å². The van der Waals surface area contributed by atoms with Gasteiger partial charge < -0.3 is 15.4 Å². The minimum atomic E-state index is -0.937. The molecule has 2 aromatic rings. The number of carbonyl (C=O) groups excluding carboxylic acids is 3. The van der Waals surface area contributed by atoms with Crippen molar-refractivity contribution in [2.45, 2.75) is 39.3 Å². The second kappa shape index (κ2) is 10.9. The van der Waals surface area contributed by atoms with Gasteiger partial charge >= 0.3 is 6.09 Å². The molecule has 0 aliphatic heterocycles. The highest BCUT2D eigenvalue weighted by Gasteiger charge is 2.27. The molecule has 0 fully saturated rings. The standard InChI is InChI=1S/C24H28BrN3O4/c1-15-6-12-19(13-7-15)26-23(31)32-14-16(2)21(29)27-20(22(30)28-24(3,4)5)17-8-10-18(25)11-9-17/h6-13,20H,2,14H2,1,3-5H3,(H,26,31)(H,27,29)(H,28,30). The van der Waals surface area contributed by atoms with Crippen molar-refractivity contribution in [3.05, 3.63) is 76.3 Å². The average Bonchev–Trinajstić information content (AvgIpc) is 2.71. The number of benzene rings is 2. The van der Waals surface area contributed by atoms with Gasteiger partial charge in [0.25, 0.3) is 5.91 Å². The van der Waals surface area contributed by atoms with E-state index in [1.807, 2.05) is 39.8 Å². The Morgan fingerprint density at radius 2 is 1.62 bits per heavy atom. The van der Waals surface area contributed by atoms with E-state index in [1.54, 1.807) is 36.4 Å². The fourth-order valence-corrected chi connectivity index (χ4v) is 2.90. The minimum absolute atomic E-state index is 0.00901. The third kappa shape index (κ3) is 8.19. The van der Waals surface area contributed by atoms with Crippen LogP contribution in [0.3, 0.4) is 0 Å². The molecule has 7 nitrogen and oxygen atoms in total. The molecule has 1 unspecified atom stereocenters. The monoisotopic (exact) mass is 501 g/mol. The van der Waals surface area contributed by atoms with Gasteiger partial charge in [0.1, 0.15) is 12.6 Å². The van der Waals surface area contributed by atoms with E-state index in [1.165, 1.54) is 0 Å². The number of anilines is 1. The summed E-state index contributed by atoms with van der Waals surface area (Å²) >= 11 is 3.36. The predicted molar refractivity (Wildman–Crippen MR) is 128 cm³/mol. The van der Waals surface area contributed by atoms with Crippen LogP contribution in [0.5, 0.6) is 0 Å². The van der Waals surface area contributed by atoms with Crippen LogP contribution in [0.1, 0.15) is 37.9 Å². The van der Waals surface area contributed by atoms with Gasteiger partial charge in [0.05, 0.1) is 0 Å². The van der Waals surface area contributed by atoms with E-state index in [9.17, 15) is 14.4 Å². The van der Waals surface area contributed by atoms with Crippen LogP contribution in [0.15, 0.2) is 65.2 Å². The van der Waals surface area contributed by atoms with Crippen LogP contribution >= 0.6 is 15.9 Å². The fourth-order valence-electron chi connectivity index (χ4n) is 2.64. The Morgan fingerprint density at radius 1 is 1.03 bits per heavy atom. The van der Waals surface area contributed by atoms with Gasteiger partial charge in [-0.15, -0.1) is 0 Å². The van der Waals surface area contributed by atoms with Gasteiger partial charge in [0.15, 0.2) is 0 Å². The molecule has 1 atom stereocenters. The quantitative estimate of drug-likeness (QED) is 0.481. The summed E-state index contributed by atoms with van der Waals surface area (Å²) in [7, 11) is 0. The zero-order chi connectivity index (χ0) is 23.9. The molecule has 8 heteroatoms. The molecule has 0 heterocycles. The van der Waals surface area contributed by atoms with E-state index in [-0.39, 0.29) is 18.1 Å². The van der Waals surface area contributed by atoms with Crippen LogP contribution in [0.2, 0.25) is 0 Å². The summed E-state index contributed by atoms with van der Waals surface area (Å²) in [5.74, 6) is -0.955. The summed E-state index contributed by atoms with van der Waals surface area (Å²) in [4.78, 5) is 37.5. The van der Waals surface area contributed by atoms with E-state index in [2.05, 4.69) is 38.5 Å². The van der Waals surface area contributed by atoms with Crippen LogP contribution in [0.4, 0.5) is 10.5 Å². The van der Waals surface area contributed by atoms with Gasteiger partial charge in [-0.3, -0.25) is 14.9 Å². The molecular formula is C24H28BrN3O4. The maximum absolute atomic E-state index is 12.8. The van der Waals surface area contributed by atoms with Gasteiger partial charge in [0.2, 0.25) is 5.91 Å². The van der Waals surface area contributed by atoms with Crippen molar-refractivity contribution in [2.75, 3.05) is 11.9 Å².